The maximum absolute atomic E-state index is 10.2. The predicted octanol–water partition coefficient (Wildman–Crippen LogP) is 7.13. The van der Waals surface area contributed by atoms with Gasteiger partial charge in [0.2, 0.25) is 5.75 Å². The number of phenolic OH excluding ortho intramolecular Hbond substituents is 1. The summed E-state index contributed by atoms with van der Waals surface area (Å²) in [7, 11) is 4.80. The van der Waals surface area contributed by atoms with Crippen LogP contribution in [0.5, 0.6) is 28.7 Å². The van der Waals surface area contributed by atoms with Crippen LogP contribution >= 0.6 is 0 Å². The second-order valence-electron chi connectivity index (χ2n) is 10.5. The first kappa shape index (κ1) is 28.7. The Kier molecular flexibility index (Phi) is 10.2. The molecule has 204 valence electrons. The van der Waals surface area contributed by atoms with Crippen molar-refractivity contribution in [3.8, 4) is 28.7 Å². The standard InChI is InChI=1S/C31H44O6/c1-9-10-22-16-28(34-7)31(29(17-22)35-8)36-21(5)30(23-12-14-25(32)27(18-23)33-6)37-26-15-20(4)11-13-24(26)19(2)3/h9,12,14,16-21,24,26,30,32H,1,10-11,13,15H2,2-8H3/t20-,21?,24+,26-,30?/m0/s1. The number of methoxy groups -OCH3 is 3. The van der Waals surface area contributed by atoms with Gasteiger partial charge in [0.25, 0.3) is 0 Å². The summed E-state index contributed by atoms with van der Waals surface area (Å²) in [6.45, 7) is 12.7. The molecule has 1 fully saturated rings. The molecule has 1 aliphatic rings. The minimum absolute atomic E-state index is 0.0889. The van der Waals surface area contributed by atoms with E-state index in [0.29, 0.717) is 47.2 Å². The molecule has 3 rings (SSSR count). The van der Waals surface area contributed by atoms with Crippen LogP contribution in [0.3, 0.4) is 0 Å². The molecule has 1 aliphatic carbocycles. The zero-order valence-corrected chi connectivity index (χ0v) is 23.5. The summed E-state index contributed by atoms with van der Waals surface area (Å²) in [5, 5.41) is 10.2. The van der Waals surface area contributed by atoms with Crippen molar-refractivity contribution in [3.63, 3.8) is 0 Å². The smallest absolute Gasteiger partial charge is 0.203 e. The first-order valence-corrected chi connectivity index (χ1v) is 13.3. The van der Waals surface area contributed by atoms with Crippen LogP contribution in [0.15, 0.2) is 43.0 Å². The van der Waals surface area contributed by atoms with Crippen molar-refractivity contribution in [2.24, 2.45) is 17.8 Å². The molecule has 0 radical (unpaired) electrons. The molecule has 2 aromatic rings. The summed E-state index contributed by atoms with van der Waals surface area (Å²) < 4.78 is 30.3. The van der Waals surface area contributed by atoms with Crippen LogP contribution < -0.4 is 18.9 Å². The maximum atomic E-state index is 10.2. The predicted molar refractivity (Wildman–Crippen MR) is 147 cm³/mol. The van der Waals surface area contributed by atoms with Crippen LogP contribution in [0.2, 0.25) is 0 Å². The number of benzene rings is 2. The number of rotatable bonds is 12. The van der Waals surface area contributed by atoms with Gasteiger partial charge < -0.3 is 28.8 Å². The number of hydrogen-bond donors (Lipinski definition) is 1. The fourth-order valence-electron chi connectivity index (χ4n) is 5.37. The molecule has 1 N–H and O–H groups in total. The van der Waals surface area contributed by atoms with Gasteiger partial charge in [0, 0.05) is 0 Å². The SMILES string of the molecule is C=CCc1cc(OC)c(OC(C)C(O[C@H]2C[C@@H](C)CC[C@@H]2C(C)C)c2ccc(O)c(OC)c2)c(OC)c1. The Morgan fingerprint density at radius 3 is 2.19 bits per heavy atom. The number of phenols is 1. The average molecular weight is 513 g/mol. The summed E-state index contributed by atoms with van der Waals surface area (Å²) in [4.78, 5) is 0. The van der Waals surface area contributed by atoms with Gasteiger partial charge in [0.05, 0.1) is 27.4 Å². The van der Waals surface area contributed by atoms with E-state index in [9.17, 15) is 5.11 Å². The van der Waals surface area contributed by atoms with E-state index in [-0.39, 0.29) is 11.9 Å². The Morgan fingerprint density at radius 1 is 0.973 bits per heavy atom. The third-order valence-corrected chi connectivity index (χ3v) is 7.45. The Bertz CT molecular complexity index is 1010. The molecule has 0 saturated heterocycles. The summed E-state index contributed by atoms with van der Waals surface area (Å²) in [5.74, 6) is 3.79. The monoisotopic (exact) mass is 512 g/mol. The highest BCUT2D eigenvalue weighted by molar-refractivity contribution is 5.54. The maximum Gasteiger partial charge on any atom is 0.203 e. The Labute approximate surface area is 222 Å². The second kappa shape index (κ2) is 13.1. The zero-order valence-electron chi connectivity index (χ0n) is 23.5. The van der Waals surface area contributed by atoms with Gasteiger partial charge in [0.1, 0.15) is 12.2 Å². The minimum atomic E-state index is -0.409. The van der Waals surface area contributed by atoms with Crippen LogP contribution in [0.1, 0.15) is 64.2 Å². The van der Waals surface area contributed by atoms with E-state index in [1.54, 1.807) is 27.4 Å². The van der Waals surface area contributed by atoms with Crippen LogP contribution in [0.4, 0.5) is 0 Å². The summed E-state index contributed by atoms with van der Waals surface area (Å²) in [5.41, 5.74) is 1.90. The van der Waals surface area contributed by atoms with Crippen molar-refractivity contribution >= 4 is 0 Å². The summed E-state index contributed by atoms with van der Waals surface area (Å²) in [6, 6.07) is 9.25. The van der Waals surface area contributed by atoms with E-state index >= 15 is 0 Å². The van der Waals surface area contributed by atoms with Crippen molar-refractivity contribution in [1.82, 2.24) is 0 Å². The molecule has 6 heteroatoms. The first-order valence-electron chi connectivity index (χ1n) is 13.3. The molecule has 37 heavy (non-hydrogen) atoms. The molecule has 5 atom stereocenters. The van der Waals surface area contributed by atoms with Gasteiger partial charge in [-0.2, -0.15) is 0 Å². The van der Waals surface area contributed by atoms with Crippen molar-refractivity contribution in [2.45, 2.75) is 71.7 Å². The molecular formula is C31H44O6. The third-order valence-electron chi connectivity index (χ3n) is 7.45. The van der Waals surface area contributed by atoms with E-state index in [0.717, 1.165) is 24.0 Å². The number of aromatic hydroxyl groups is 1. The molecule has 0 aromatic heterocycles. The lowest BCUT2D eigenvalue weighted by Crippen LogP contribution is -2.38. The summed E-state index contributed by atoms with van der Waals surface area (Å²) >= 11 is 0. The van der Waals surface area contributed by atoms with Gasteiger partial charge in [-0.3, -0.25) is 0 Å². The Hall–Kier alpha value is -2.86. The molecule has 2 unspecified atom stereocenters. The van der Waals surface area contributed by atoms with E-state index in [2.05, 4.69) is 27.4 Å². The molecule has 0 spiro atoms. The molecule has 1 saturated carbocycles. The largest absolute Gasteiger partial charge is 0.504 e. The Morgan fingerprint density at radius 2 is 1.62 bits per heavy atom. The van der Waals surface area contributed by atoms with Gasteiger partial charge in [-0.25, -0.2) is 0 Å². The van der Waals surface area contributed by atoms with Crippen LogP contribution in [-0.4, -0.2) is 38.6 Å². The first-order chi connectivity index (χ1) is 17.7. The van der Waals surface area contributed by atoms with Gasteiger partial charge in [-0.1, -0.05) is 39.3 Å². The number of allylic oxidation sites excluding steroid dienone is 1. The lowest BCUT2D eigenvalue weighted by molar-refractivity contribution is -0.114. The van der Waals surface area contributed by atoms with Crippen LogP contribution in [0.25, 0.3) is 0 Å². The lowest BCUT2D eigenvalue weighted by Gasteiger charge is -2.40. The normalized spacial score (nSPS) is 21.2. The van der Waals surface area contributed by atoms with Gasteiger partial charge >= 0.3 is 0 Å². The molecule has 6 nitrogen and oxygen atoms in total. The molecule has 2 aromatic carbocycles. The quantitative estimate of drug-likeness (QED) is 0.305. The highest BCUT2D eigenvalue weighted by atomic mass is 16.6. The molecule has 0 heterocycles. The average Bonchev–Trinajstić information content (AvgIpc) is 2.88. The third kappa shape index (κ3) is 6.92. The topological polar surface area (TPSA) is 66.4 Å². The van der Waals surface area contributed by atoms with Gasteiger partial charge in [-0.15, -0.1) is 6.58 Å². The fourth-order valence-corrected chi connectivity index (χ4v) is 5.37. The van der Waals surface area contributed by atoms with Crippen molar-refractivity contribution in [2.75, 3.05) is 21.3 Å². The van der Waals surface area contributed by atoms with E-state index in [1.165, 1.54) is 6.42 Å². The highest BCUT2D eigenvalue weighted by Gasteiger charge is 2.36. The van der Waals surface area contributed by atoms with Crippen molar-refractivity contribution < 1.29 is 28.8 Å². The highest BCUT2D eigenvalue weighted by Crippen LogP contribution is 2.43. The number of hydrogen-bond acceptors (Lipinski definition) is 6. The van der Waals surface area contributed by atoms with Gasteiger partial charge in [0.15, 0.2) is 23.0 Å². The van der Waals surface area contributed by atoms with E-state index < -0.39 is 12.2 Å². The molecule has 0 aliphatic heterocycles. The molecule has 0 bridgehead atoms. The minimum Gasteiger partial charge on any atom is -0.504 e. The fraction of sp³-hybridized carbons (Fsp3) is 0.548. The van der Waals surface area contributed by atoms with Crippen molar-refractivity contribution in [3.05, 3.63) is 54.1 Å². The second-order valence-corrected chi connectivity index (χ2v) is 10.5. The summed E-state index contributed by atoms with van der Waals surface area (Å²) in [6.07, 6.45) is 5.20. The Balaban J connectivity index is 2.01. The van der Waals surface area contributed by atoms with Crippen molar-refractivity contribution in [1.29, 1.82) is 0 Å². The van der Waals surface area contributed by atoms with Gasteiger partial charge in [-0.05, 0) is 79.3 Å². The lowest BCUT2D eigenvalue weighted by atomic mass is 9.75. The van der Waals surface area contributed by atoms with Crippen LogP contribution in [-0.2, 0) is 11.2 Å². The van der Waals surface area contributed by atoms with E-state index in [1.807, 2.05) is 37.3 Å². The molecule has 0 amide bonds. The van der Waals surface area contributed by atoms with E-state index in [4.69, 9.17) is 23.7 Å². The molecular weight excluding hydrogens is 468 g/mol. The van der Waals surface area contributed by atoms with Crippen LogP contribution in [0, 0.1) is 17.8 Å². The number of ether oxygens (including phenoxy) is 5. The zero-order chi connectivity index (χ0) is 27.1.